The Morgan fingerprint density at radius 2 is 1.87 bits per heavy atom. The lowest BCUT2D eigenvalue weighted by Crippen LogP contribution is -2.38. The van der Waals surface area contributed by atoms with Crippen LogP contribution in [0.4, 0.5) is 5.69 Å². The topological polar surface area (TPSA) is 52.6 Å². The molecule has 2 aromatic rings. The van der Waals surface area contributed by atoms with Gasteiger partial charge in [0.2, 0.25) is 11.8 Å². The zero-order chi connectivity index (χ0) is 21.7. The molecule has 0 bridgehead atoms. The van der Waals surface area contributed by atoms with E-state index in [0.29, 0.717) is 23.1 Å². The van der Waals surface area contributed by atoms with E-state index in [1.165, 1.54) is 11.8 Å². The second kappa shape index (κ2) is 10.5. The third-order valence-corrected chi connectivity index (χ3v) is 6.82. The van der Waals surface area contributed by atoms with Crippen molar-refractivity contribution >= 4 is 52.5 Å². The van der Waals surface area contributed by atoms with Crippen molar-refractivity contribution < 1.29 is 9.59 Å². The molecule has 2 aromatic carbocycles. The highest BCUT2D eigenvalue weighted by Gasteiger charge is 2.30. The third-order valence-electron chi connectivity index (χ3n) is 4.81. The molecule has 1 N–H and O–H groups in total. The Labute approximate surface area is 191 Å². The first-order valence-corrected chi connectivity index (χ1v) is 11.4. The fourth-order valence-corrected chi connectivity index (χ4v) is 4.67. The number of hydrogen-bond donors (Lipinski definition) is 1. The second-order valence-electron chi connectivity index (χ2n) is 7.52. The van der Waals surface area contributed by atoms with Crippen LogP contribution in [0.3, 0.4) is 0 Å². The van der Waals surface area contributed by atoms with E-state index < -0.39 is 5.25 Å². The molecule has 1 heterocycles. The fraction of sp³-hybridized carbons (Fsp3) is 0.364. The van der Waals surface area contributed by atoms with E-state index in [4.69, 9.17) is 23.2 Å². The third kappa shape index (κ3) is 6.14. The van der Waals surface area contributed by atoms with Crippen molar-refractivity contribution in [2.45, 2.75) is 29.5 Å². The number of nitrogens with one attached hydrogen (secondary N) is 1. The first kappa shape index (κ1) is 22.9. The van der Waals surface area contributed by atoms with Gasteiger partial charge < -0.3 is 15.1 Å². The maximum Gasteiger partial charge on any atom is 0.238 e. The van der Waals surface area contributed by atoms with Gasteiger partial charge in [0.15, 0.2) is 0 Å². The first-order chi connectivity index (χ1) is 14.3. The quantitative estimate of drug-likeness (QED) is 0.609. The van der Waals surface area contributed by atoms with Crippen LogP contribution in [0.25, 0.3) is 0 Å². The molecule has 8 heteroatoms. The van der Waals surface area contributed by atoms with Crippen molar-refractivity contribution in [3.8, 4) is 0 Å². The zero-order valence-electron chi connectivity index (χ0n) is 17.0. The summed E-state index contributed by atoms with van der Waals surface area (Å²) in [5.74, 6) is -0.179. The van der Waals surface area contributed by atoms with Crippen molar-refractivity contribution in [2.24, 2.45) is 0 Å². The number of thioether (sulfide) groups is 1. The van der Waals surface area contributed by atoms with Crippen LogP contribution >= 0.6 is 35.0 Å². The smallest absolute Gasteiger partial charge is 0.238 e. The van der Waals surface area contributed by atoms with Gasteiger partial charge in [-0.2, -0.15) is 0 Å². The van der Waals surface area contributed by atoms with Gasteiger partial charge in [0.05, 0.1) is 21.0 Å². The molecule has 30 heavy (non-hydrogen) atoms. The number of carbonyl (C=O) groups is 2. The van der Waals surface area contributed by atoms with Crippen LogP contribution in [-0.4, -0.2) is 54.0 Å². The number of anilines is 1. The molecule has 1 atom stereocenters. The SMILES string of the molecule is CN(C)CCCN(Cc1ccc(Cl)c(Cl)c1)C(=O)CC1Sc2ccccc2NC1=O. The monoisotopic (exact) mass is 465 g/mol. The average Bonchev–Trinajstić information content (AvgIpc) is 2.70. The van der Waals surface area contributed by atoms with E-state index in [0.717, 1.165) is 29.1 Å². The predicted octanol–water partition coefficient (Wildman–Crippen LogP) is 4.78. The van der Waals surface area contributed by atoms with Gasteiger partial charge >= 0.3 is 0 Å². The zero-order valence-corrected chi connectivity index (χ0v) is 19.4. The minimum Gasteiger partial charge on any atom is -0.338 e. The molecule has 0 aromatic heterocycles. The minimum absolute atomic E-state index is 0.0492. The summed E-state index contributed by atoms with van der Waals surface area (Å²) in [6.45, 7) is 1.91. The van der Waals surface area contributed by atoms with Gasteiger partial charge in [0.1, 0.15) is 0 Å². The van der Waals surface area contributed by atoms with E-state index in [1.54, 1.807) is 17.0 Å². The van der Waals surface area contributed by atoms with Crippen LogP contribution in [-0.2, 0) is 16.1 Å². The van der Waals surface area contributed by atoms with E-state index in [2.05, 4.69) is 10.2 Å². The van der Waals surface area contributed by atoms with Crippen molar-refractivity contribution in [1.82, 2.24) is 9.80 Å². The number of carbonyl (C=O) groups excluding carboxylic acids is 2. The van der Waals surface area contributed by atoms with Gasteiger partial charge in [-0.05, 0) is 56.9 Å². The molecule has 0 fully saturated rings. The van der Waals surface area contributed by atoms with Gasteiger partial charge in [-0.3, -0.25) is 9.59 Å². The molecule has 0 radical (unpaired) electrons. The molecule has 1 aliphatic rings. The van der Waals surface area contributed by atoms with Crippen LogP contribution in [0.15, 0.2) is 47.4 Å². The summed E-state index contributed by atoms with van der Waals surface area (Å²) in [7, 11) is 4.01. The number of halogens is 2. The van der Waals surface area contributed by atoms with E-state index in [1.807, 2.05) is 44.4 Å². The summed E-state index contributed by atoms with van der Waals surface area (Å²) in [6, 6.07) is 13.0. The maximum absolute atomic E-state index is 13.2. The number of nitrogens with zero attached hydrogens (tertiary/aromatic N) is 2. The van der Waals surface area contributed by atoms with Crippen LogP contribution in [0.5, 0.6) is 0 Å². The Bertz CT molecular complexity index is 923. The highest BCUT2D eigenvalue weighted by molar-refractivity contribution is 8.01. The van der Waals surface area contributed by atoms with Crippen molar-refractivity contribution in [2.75, 3.05) is 32.5 Å². The molecule has 0 spiro atoms. The molecule has 0 saturated heterocycles. The van der Waals surface area contributed by atoms with Crippen molar-refractivity contribution in [3.63, 3.8) is 0 Å². The van der Waals surface area contributed by atoms with Gasteiger partial charge in [0, 0.05) is 24.4 Å². The lowest BCUT2D eigenvalue weighted by molar-refractivity contribution is -0.133. The standard InChI is InChI=1S/C22H25Cl2N3O2S/c1-26(2)10-5-11-27(14-15-8-9-16(23)17(24)12-15)21(28)13-20-22(29)25-18-6-3-4-7-19(18)30-20/h3-4,6-9,12,20H,5,10-11,13-14H2,1-2H3,(H,25,29). The van der Waals surface area contributed by atoms with Crippen LogP contribution in [0.2, 0.25) is 10.0 Å². The Hall–Kier alpha value is -1.73. The van der Waals surface area contributed by atoms with Gasteiger partial charge in [-0.15, -0.1) is 11.8 Å². The van der Waals surface area contributed by atoms with Crippen LogP contribution < -0.4 is 5.32 Å². The Morgan fingerprint density at radius 3 is 2.60 bits per heavy atom. The maximum atomic E-state index is 13.2. The lowest BCUT2D eigenvalue weighted by atomic mass is 10.1. The summed E-state index contributed by atoms with van der Waals surface area (Å²) in [5, 5.41) is 3.41. The summed E-state index contributed by atoms with van der Waals surface area (Å²) < 4.78 is 0. The summed E-state index contributed by atoms with van der Waals surface area (Å²) in [6.07, 6.45) is 0.987. The number of para-hydroxylation sites is 1. The molecule has 5 nitrogen and oxygen atoms in total. The number of hydrogen-bond acceptors (Lipinski definition) is 4. The first-order valence-electron chi connectivity index (χ1n) is 9.76. The lowest BCUT2D eigenvalue weighted by Gasteiger charge is -2.28. The molecule has 160 valence electrons. The molecule has 3 rings (SSSR count). The number of rotatable bonds is 8. The predicted molar refractivity (Wildman–Crippen MR) is 124 cm³/mol. The minimum atomic E-state index is -0.447. The molecular weight excluding hydrogens is 441 g/mol. The highest BCUT2D eigenvalue weighted by atomic mass is 35.5. The second-order valence-corrected chi connectivity index (χ2v) is 9.58. The summed E-state index contributed by atoms with van der Waals surface area (Å²) in [4.78, 5) is 30.6. The Kier molecular flexibility index (Phi) is 8.06. The van der Waals surface area contributed by atoms with Gasteiger partial charge in [0.25, 0.3) is 0 Å². The van der Waals surface area contributed by atoms with Crippen LogP contribution in [0.1, 0.15) is 18.4 Å². The molecule has 0 aliphatic carbocycles. The fourth-order valence-electron chi connectivity index (χ4n) is 3.24. The van der Waals surface area contributed by atoms with Gasteiger partial charge in [-0.1, -0.05) is 41.4 Å². The summed E-state index contributed by atoms with van der Waals surface area (Å²) >= 11 is 13.6. The highest BCUT2D eigenvalue weighted by Crippen LogP contribution is 2.37. The summed E-state index contributed by atoms with van der Waals surface area (Å²) in [5.41, 5.74) is 1.71. The molecule has 1 unspecified atom stereocenters. The Balaban J connectivity index is 1.70. The molecule has 1 aliphatic heterocycles. The molecular formula is C22H25Cl2N3O2S. The van der Waals surface area contributed by atoms with Crippen LogP contribution in [0, 0.1) is 0 Å². The largest absolute Gasteiger partial charge is 0.338 e. The number of amides is 2. The van der Waals surface area contributed by atoms with Gasteiger partial charge in [-0.25, -0.2) is 0 Å². The van der Waals surface area contributed by atoms with E-state index >= 15 is 0 Å². The molecule has 2 amide bonds. The normalized spacial score (nSPS) is 15.6. The van der Waals surface area contributed by atoms with Crippen molar-refractivity contribution in [3.05, 3.63) is 58.1 Å². The molecule has 0 saturated carbocycles. The number of benzene rings is 2. The average molecular weight is 466 g/mol. The van der Waals surface area contributed by atoms with E-state index in [-0.39, 0.29) is 18.2 Å². The number of fused-ring (bicyclic) bond motifs is 1. The van der Waals surface area contributed by atoms with E-state index in [9.17, 15) is 9.59 Å². The van der Waals surface area contributed by atoms with Crippen molar-refractivity contribution in [1.29, 1.82) is 0 Å². The Morgan fingerprint density at radius 1 is 1.10 bits per heavy atom.